The number of hydrogen-bond acceptors (Lipinski definition) is 2. The average Bonchev–Trinajstić information content (AvgIpc) is 2.30. The van der Waals surface area contributed by atoms with E-state index in [1.54, 1.807) is 6.07 Å². The van der Waals surface area contributed by atoms with Crippen molar-refractivity contribution in [2.45, 2.75) is 18.8 Å². The summed E-state index contributed by atoms with van der Waals surface area (Å²) in [5, 5.41) is 9.38. The molecule has 0 radical (unpaired) electrons. The summed E-state index contributed by atoms with van der Waals surface area (Å²) >= 11 is 6.10. The first-order valence-corrected chi connectivity index (χ1v) is 5.67. The van der Waals surface area contributed by atoms with Crippen molar-refractivity contribution in [3.8, 4) is 0 Å². The van der Waals surface area contributed by atoms with Gasteiger partial charge in [-0.1, -0.05) is 17.7 Å². The lowest BCUT2D eigenvalue weighted by Crippen LogP contribution is -2.14. The van der Waals surface area contributed by atoms with Crippen molar-refractivity contribution in [3.63, 3.8) is 0 Å². The molecule has 0 bridgehead atoms. The van der Waals surface area contributed by atoms with Crippen LogP contribution >= 0.6 is 11.6 Å². The maximum absolute atomic E-state index is 10.8. The van der Waals surface area contributed by atoms with E-state index in [1.165, 1.54) is 6.07 Å². The van der Waals surface area contributed by atoms with Crippen molar-refractivity contribution in [3.05, 3.63) is 34.3 Å². The third-order valence-corrected chi connectivity index (χ3v) is 3.24. The second-order valence-electron chi connectivity index (χ2n) is 3.93. The highest BCUT2D eigenvalue weighted by molar-refractivity contribution is 6.31. The average molecular weight is 241 g/mol. The van der Waals surface area contributed by atoms with Crippen molar-refractivity contribution in [2.24, 2.45) is 0 Å². The van der Waals surface area contributed by atoms with Crippen LogP contribution in [0.3, 0.4) is 0 Å². The SMILES string of the molecule is O=C(O)c1ccc(C2CCOCC2)c(Cl)c1. The minimum atomic E-state index is -0.944. The predicted molar refractivity (Wildman–Crippen MR) is 61.2 cm³/mol. The fourth-order valence-electron chi connectivity index (χ4n) is 2.00. The molecule has 3 nitrogen and oxygen atoms in total. The monoisotopic (exact) mass is 240 g/mol. The number of halogens is 1. The van der Waals surface area contributed by atoms with Crippen LogP contribution in [-0.2, 0) is 4.74 Å². The van der Waals surface area contributed by atoms with Crippen LogP contribution in [0.15, 0.2) is 18.2 Å². The van der Waals surface area contributed by atoms with Crippen LogP contribution in [0.4, 0.5) is 0 Å². The molecule has 0 unspecified atom stereocenters. The third-order valence-electron chi connectivity index (χ3n) is 2.91. The smallest absolute Gasteiger partial charge is 0.335 e. The van der Waals surface area contributed by atoms with Gasteiger partial charge in [0.1, 0.15) is 0 Å². The highest BCUT2D eigenvalue weighted by atomic mass is 35.5. The van der Waals surface area contributed by atoms with E-state index in [2.05, 4.69) is 0 Å². The highest BCUT2D eigenvalue weighted by Gasteiger charge is 2.19. The Kier molecular flexibility index (Phi) is 3.46. The molecule has 2 rings (SSSR count). The van der Waals surface area contributed by atoms with Crippen LogP contribution in [0.5, 0.6) is 0 Å². The Morgan fingerprint density at radius 1 is 1.38 bits per heavy atom. The summed E-state index contributed by atoms with van der Waals surface area (Å²) in [6.45, 7) is 1.50. The number of ether oxygens (including phenoxy) is 1. The fourth-order valence-corrected chi connectivity index (χ4v) is 2.33. The first-order chi connectivity index (χ1) is 7.68. The van der Waals surface area contributed by atoms with Crippen molar-refractivity contribution < 1.29 is 14.6 Å². The van der Waals surface area contributed by atoms with E-state index in [4.69, 9.17) is 21.4 Å². The predicted octanol–water partition coefficient (Wildman–Crippen LogP) is 2.93. The second-order valence-corrected chi connectivity index (χ2v) is 4.34. The molecule has 1 fully saturated rings. The Balaban J connectivity index is 2.24. The van der Waals surface area contributed by atoms with Gasteiger partial charge in [-0.05, 0) is 36.5 Å². The summed E-state index contributed by atoms with van der Waals surface area (Å²) in [5.74, 6) is -0.551. The van der Waals surface area contributed by atoms with E-state index < -0.39 is 5.97 Å². The maximum atomic E-state index is 10.8. The fraction of sp³-hybridized carbons (Fsp3) is 0.417. The molecule has 0 atom stereocenters. The van der Waals surface area contributed by atoms with Crippen LogP contribution in [0.1, 0.15) is 34.7 Å². The molecule has 1 heterocycles. The van der Waals surface area contributed by atoms with Gasteiger partial charge in [0, 0.05) is 18.2 Å². The number of rotatable bonds is 2. The molecule has 1 aliphatic heterocycles. The molecular weight excluding hydrogens is 228 g/mol. The number of hydrogen-bond donors (Lipinski definition) is 1. The van der Waals surface area contributed by atoms with E-state index in [-0.39, 0.29) is 5.56 Å². The summed E-state index contributed by atoms with van der Waals surface area (Å²) in [7, 11) is 0. The zero-order chi connectivity index (χ0) is 11.5. The molecule has 0 saturated carbocycles. The number of benzene rings is 1. The minimum absolute atomic E-state index is 0.237. The minimum Gasteiger partial charge on any atom is -0.478 e. The Morgan fingerprint density at radius 3 is 2.62 bits per heavy atom. The molecule has 0 aliphatic carbocycles. The molecule has 0 amide bonds. The van der Waals surface area contributed by atoms with Crippen molar-refractivity contribution in [2.75, 3.05) is 13.2 Å². The van der Waals surface area contributed by atoms with Gasteiger partial charge in [0.25, 0.3) is 0 Å². The molecule has 4 heteroatoms. The Morgan fingerprint density at radius 2 is 2.06 bits per heavy atom. The van der Waals surface area contributed by atoms with Gasteiger partial charge in [-0.3, -0.25) is 0 Å². The van der Waals surface area contributed by atoms with Gasteiger partial charge in [0.15, 0.2) is 0 Å². The third kappa shape index (κ3) is 2.36. The molecule has 1 aromatic rings. The topological polar surface area (TPSA) is 46.5 Å². The molecule has 1 N–H and O–H groups in total. The van der Waals surface area contributed by atoms with E-state index in [9.17, 15) is 4.79 Å². The summed E-state index contributed by atoms with van der Waals surface area (Å²) in [6, 6.07) is 4.95. The quantitative estimate of drug-likeness (QED) is 0.865. The molecular formula is C12H13ClO3. The van der Waals surface area contributed by atoms with Crippen LogP contribution in [0, 0.1) is 0 Å². The zero-order valence-electron chi connectivity index (χ0n) is 8.78. The van der Waals surface area contributed by atoms with Gasteiger partial charge >= 0.3 is 5.97 Å². The van der Waals surface area contributed by atoms with Gasteiger partial charge in [-0.25, -0.2) is 4.79 Å². The summed E-state index contributed by atoms with van der Waals surface area (Å²) in [5.41, 5.74) is 1.27. The Hall–Kier alpha value is -1.06. The second kappa shape index (κ2) is 4.85. The lowest BCUT2D eigenvalue weighted by molar-refractivity contribution is 0.0696. The first kappa shape index (κ1) is 11.4. The summed E-state index contributed by atoms with van der Waals surface area (Å²) in [6.07, 6.45) is 1.90. The van der Waals surface area contributed by atoms with E-state index in [1.807, 2.05) is 6.07 Å². The van der Waals surface area contributed by atoms with Crippen molar-refractivity contribution >= 4 is 17.6 Å². The lowest BCUT2D eigenvalue weighted by Gasteiger charge is -2.23. The largest absolute Gasteiger partial charge is 0.478 e. The van der Waals surface area contributed by atoms with Crippen molar-refractivity contribution in [1.29, 1.82) is 0 Å². The first-order valence-electron chi connectivity index (χ1n) is 5.29. The number of aromatic carboxylic acids is 1. The summed E-state index contributed by atoms with van der Waals surface area (Å²) < 4.78 is 5.29. The summed E-state index contributed by atoms with van der Waals surface area (Å²) in [4.78, 5) is 10.8. The van der Waals surface area contributed by atoms with E-state index >= 15 is 0 Å². The Bertz CT molecular complexity index is 397. The van der Waals surface area contributed by atoms with Crippen LogP contribution in [0.2, 0.25) is 5.02 Å². The van der Waals surface area contributed by atoms with Gasteiger partial charge in [-0.15, -0.1) is 0 Å². The van der Waals surface area contributed by atoms with Gasteiger partial charge in [0.05, 0.1) is 5.56 Å². The number of carbonyl (C=O) groups is 1. The number of carboxylic acid groups (broad SMARTS) is 1. The Labute approximate surface area is 99.0 Å². The zero-order valence-corrected chi connectivity index (χ0v) is 9.54. The molecule has 1 aromatic carbocycles. The molecule has 1 aliphatic rings. The van der Waals surface area contributed by atoms with E-state index in [0.717, 1.165) is 31.6 Å². The van der Waals surface area contributed by atoms with E-state index in [0.29, 0.717) is 10.9 Å². The normalized spacial score (nSPS) is 17.3. The van der Waals surface area contributed by atoms with Crippen LogP contribution in [0.25, 0.3) is 0 Å². The molecule has 16 heavy (non-hydrogen) atoms. The standard InChI is InChI=1S/C12H13ClO3/c13-11-7-9(12(14)15)1-2-10(11)8-3-5-16-6-4-8/h1-2,7-8H,3-6H2,(H,14,15). The van der Waals surface area contributed by atoms with Crippen LogP contribution < -0.4 is 0 Å². The van der Waals surface area contributed by atoms with Gasteiger partial charge in [0.2, 0.25) is 0 Å². The van der Waals surface area contributed by atoms with Crippen molar-refractivity contribution in [1.82, 2.24) is 0 Å². The van der Waals surface area contributed by atoms with Gasteiger partial charge < -0.3 is 9.84 Å². The number of carboxylic acids is 1. The van der Waals surface area contributed by atoms with Crippen LogP contribution in [-0.4, -0.2) is 24.3 Å². The molecule has 0 aromatic heterocycles. The molecule has 1 saturated heterocycles. The molecule has 86 valence electrons. The highest BCUT2D eigenvalue weighted by Crippen LogP contribution is 2.32. The molecule has 0 spiro atoms. The lowest BCUT2D eigenvalue weighted by atomic mass is 9.91. The van der Waals surface area contributed by atoms with Gasteiger partial charge in [-0.2, -0.15) is 0 Å². The maximum Gasteiger partial charge on any atom is 0.335 e.